The molecular formula is C13H14FNO2. The number of halogens is 1. The third-order valence-electron chi connectivity index (χ3n) is 2.94. The average molecular weight is 235 g/mol. The highest BCUT2D eigenvalue weighted by Gasteiger charge is 2.11. The second kappa shape index (κ2) is 4.20. The van der Waals surface area contributed by atoms with Crippen molar-refractivity contribution in [3.05, 3.63) is 39.4 Å². The monoisotopic (exact) mass is 235 g/mol. The van der Waals surface area contributed by atoms with Crippen molar-refractivity contribution in [3.63, 3.8) is 0 Å². The minimum absolute atomic E-state index is 0.0583. The van der Waals surface area contributed by atoms with E-state index in [4.69, 9.17) is 4.74 Å². The molecule has 0 amide bonds. The van der Waals surface area contributed by atoms with Crippen LogP contribution in [0.1, 0.15) is 18.2 Å². The standard InChI is InChI=1S/C13H14FNO2/c1-4-8-7(2)15-11-6-10(14)12(17-3)5-9(11)13(8)16/h5-6H,4H2,1-3H3,(H,15,16). The molecule has 1 aromatic heterocycles. The number of H-pyrrole nitrogens is 1. The van der Waals surface area contributed by atoms with E-state index in [0.29, 0.717) is 17.3 Å². The molecular weight excluding hydrogens is 221 g/mol. The first-order valence-electron chi connectivity index (χ1n) is 5.47. The van der Waals surface area contributed by atoms with Crippen molar-refractivity contribution in [1.82, 2.24) is 4.98 Å². The second-order valence-electron chi connectivity index (χ2n) is 3.94. The van der Waals surface area contributed by atoms with Crippen LogP contribution in [0, 0.1) is 12.7 Å². The van der Waals surface area contributed by atoms with E-state index in [1.807, 2.05) is 13.8 Å². The maximum absolute atomic E-state index is 13.5. The van der Waals surface area contributed by atoms with Crippen LogP contribution >= 0.6 is 0 Å². The van der Waals surface area contributed by atoms with Crippen LogP contribution in [-0.4, -0.2) is 12.1 Å². The number of aromatic amines is 1. The van der Waals surface area contributed by atoms with Gasteiger partial charge < -0.3 is 9.72 Å². The van der Waals surface area contributed by atoms with Crippen molar-refractivity contribution < 1.29 is 9.13 Å². The van der Waals surface area contributed by atoms with Gasteiger partial charge in [0.25, 0.3) is 0 Å². The van der Waals surface area contributed by atoms with E-state index in [9.17, 15) is 9.18 Å². The number of ether oxygens (including phenoxy) is 1. The number of pyridine rings is 1. The number of rotatable bonds is 2. The Balaban J connectivity index is 2.89. The van der Waals surface area contributed by atoms with E-state index in [-0.39, 0.29) is 11.2 Å². The maximum Gasteiger partial charge on any atom is 0.192 e. The molecule has 3 nitrogen and oxygen atoms in total. The number of hydrogen-bond donors (Lipinski definition) is 1. The molecule has 4 heteroatoms. The maximum atomic E-state index is 13.5. The van der Waals surface area contributed by atoms with Crippen LogP contribution in [0.15, 0.2) is 16.9 Å². The van der Waals surface area contributed by atoms with Crippen molar-refractivity contribution in [1.29, 1.82) is 0 Å². The fourth-order valence-electron chi connectivity index (χ4n) is 2.04. The summed E-state index contributed by atoms with van der Waals surface area (Å²) in [6, 6.07) is 2.74. The molecule has 1 heterocycles. The first-order chi connectivity index (χ1) is 8.08. The molecule has 2 aromatic rings. The van der Waals surface area contributed by atoms with Gasteiger partial charge in [0, 0.05) is 22.7 Å². The quantitative estimate of drug-likeness (QED) is 0.869. The Morgan fingerprint density at radius 2 is 2.12 bits per heavy atom. The third kappa shape index (κ3) is 1.79. The van der Waals surface area contributed by atoms with Crippen LogP contribution in [0.5, 0.6) is 5.75 Å². The van der Waals surface area contributed by atoms with E-state index in [2.05, 4.69) is 4.98 Å². The van der Waals surface area contributed by atoms with Gasteiger partial charge in [-0.3, -0.25) is 4.79 Å². The lowest BCUT2D eigenvalue weighted by atomic mass is 10.1. The third-order valence-corrected chi connectivity index (χ3v) is 2.94. The number of hydrogen-bond acceptors (Lipinski definition) is 2. The lowest BCUT2D eigenvalue weighted by molar-refractivity contribution is 0.387. The molecule has 1 N–H and O–H groups in total. The van der Waals surface area contributed by atoms with Gasteiger partial charge in [0.2, 0.25) is 0 Å². The zero-order chi connectivity index (χ0) is 12.6. The van der Waals surface area contributed by atoms with Gasteiger partial charge in [0.1, 0.15) is 0 Å². The number of benzene rings is 1. The van der Waals surface area contributed by atoms with Gasteiger partial charge in [-0.1, -0.05) is 6.92 Å². The predicted octanol–water partition coefficient (Wildman–Crippen LogP) is 2.55. The van der Waals surface area contributed by atoms with Gasteiger partial charge in [-0.25, -0.2) is 4.39 Å². The summed E-state index contributed by atoms with van der Waals surface area (Å²) in [5.74, 6) is -0.381. The molecule has 90 valence electrons. The van der Waals surface area contributed by atoms with Crippen LogP contribution in [0.2, 0.25) is 0 Å². The molecule has 1 aromatic carbocycles. The van der Waals surface area contributed by atoms with Crippen LogP contribution in [0.25, 0.3) is 10.9 Å². The lowest BCUT2D eigenvalue weighted by Crippen LogP contribution is -2.12. The highest BCUT2D eigenvalue weighted by Crippen LogP contribution is 2.22. The predicted molar refractivity (Wildman–Crippen MR) is 65.2 cm³/mol. The molecule has 0 fully saturated rings. The van der Waals surface area contributed by atoms with E-state index >= 15 is 0 Å². The summed E-state index contributed by atoms with van der Waals surface area (Å²) in [5.41, 5.74) is 1.96. The highest BCUT2D eigenvalue weighted by molar-refractivity contribution is 5.81. The summed E-state index contributed by atoms with van der Waals surface area (Å²) in [6.45, 7) is 3.74. The summed E-state index contributed by atoms with van der Waals surface area (Å²) < 4.78 is 18.4. The van der Waals surface area contributed by atoms with Crippen LogP contribution in [-0.2, 0) is 6.42 Å². The Bertz CT molecular complexity index is 626. The van der Waals surface area contributed by atoms with Crippen LogP contribution < -0.4 is 10.2 Å². The topological polar surface area (TPSA) is 42.1 Å². The van der Waals surface area contributed by atoms with Gasteiger partial charge in [-0.2, -0.15) is 0 Å². The fraction of sp³-hybridized carbons (Fsp3) is 0.308. The van der Waals surface area contributed by atoms with E-state index < -0.39 is 5.82 Å². The molecule has 0 unspecified atom stereocenters. The molecule has 0 atom stereocenters. The molecule has 17 heavy (non-hydrogen) atoms. The summed E-state index contributed by atoms with van der Waals surface area (Å²) in [6.07, 6.45) is 0.650. The van der Waals surface area contributed by atoms with E-state index in [1.54, 1.807) is 0 Å². The van der Waals surface area contributed by atoms with Gasteiger partial charge in [0.15, 0.2) is 17.0 Å². The molecule has 0 bridgehead atoms. The molecule has 0 radical (unpaired) electrons. The number of methoxy groups -OCH3 is 1. The highest BCUT2D eigenvalue weighted by atomic mass is 19.1. The number of nitrogens with one attached hydrogen (secondary N) is 1. The summed E-state index contributed by atoms with van der Waals surface area (Å²) in [4.78, 5) is 15.2. The second-order valence-corrected chi connectivity index (χ2v) is 3.94. The van der Waals surface area contributed by atoms with Gasteiger partial charge >= 0.3 is 0 Å². The Labute approximate surface area is 98.2 Å². The summed E-state index contributed by atoms with van der Waals surface area (Å²) >= 11 is 0. The molecule has 0 saturated heterocycles. The molecule has 0 aliphatic rings. The van der Waals surface area contributed by atoms with Gasteiger partial charge in [0.05, 0.1) is 12.6 Å². The first-order valence-corrected chi connectivity index (χ1v) is 5.47. The van der Waals surface area contributed by atoms with E-state index in [1.165, 1.54) is 19.2 Å². The first kappa shape index (κ1) is 11.6. The normalized spacial score (nSPS) is 10.8. The number of aromatic nitrogens is 1. The minimum atomic E-state index is -0.473. The van der Waals surface area contributed by atoms with Crippen LogP contribution in [0.4, 0.5) is 4.39 Å². The number of fused-ring (bicyclic) bond motifs is 1. The fourth-order valence-corrected chi connectivity index (χ4v) is 2.04. The number of aryl methyl sites for hydroxylation is 1. The molecule has 0 aliphatic carbocycles. The summed E-state index contributed by atoms with van der Waals surface area (Å²) in [5, 5.41) is 0.464. The zero-order valence-electron chi connectivity index (χ0n) is 10.1. The van der Waals surface area contributed by atoms with Crippen molar-refractivity contribution >= 4 is 10.9 Å². The largest absolute Gasteiger partial charge is 0.494 e. The molecule has 0 aliphatic heterocycles. The Morgan fingerprint density at radius 1 is 1.41 bits per heavy atom. The molecule has 0 saturated carbocycles. The van der Waals surface area contributed by atoms with Crippen molar-refractivity contribution in [2.75, 3.05) is 7.11 Å². The Morgan fingerprint density at radius 3 is 2.71 bits per heavy atom. The minimum Gasteiger partial charge on any atom is -0.494 e. The summed E-state index contributed by atoms with van der Waals surface area (Å²) in [7, 11) is 1.38. The van der Waals surface area contributed by atoms with Crippen LogP contribution in [0.3, 0.4) is 0 Å². The Kier molecular flexibility index (Phi) is 2.88. The van der Waals surface area contributed by atoms with E-state index in [0.717, 1.165) is 11.3 Å². The average Bonchev–Trinajstić information content (AvgIpc) is 2.29. The zero-order valence-corrected chi connectivity index (χ0v) is 10.1. The molecule has 2 rings (SSSR count). The Hall–Kier alpha value is -1.84. The van der Waals surface area contributed by atoms with Crippen molar-refractivity contribution in [2.45, 2.75) is 20.3 Å². The van der Waals surface area contributed by atoms with Crippen molar-refractivity contribution in [2.24, 2.45) is 0 Å². The van der Waals surface area contributed by atoms with Crippen molar-refractivity contribution in [3.8, 4) is 5.75 Å². The molecule has 0 spiro atoms. The lowest BCUT2D eigenvalue weighted by Gasteiger charge is -2.08. The SMILES string of the molecule is CCc1c(C)[nH]c2cc(F)c(OC)cc2c1=O. The van der Waals surface area contributed by atoms with Gasteiger partial charge in [-0.05, 0) is 19.4 Å². The smallest absolute Gasteiger partial charge is 0.192 e. The van der Waals surface area contributed by atoms with Gasteiger partial charge in [-0.15, -0.1) is 0 Å².